The van der Waals surface area contributed by atoms with E-state index < -0.39 is 17.8 Å². The van der Waals surface area contributed by atoms with Gasteiger partial charge in [0.1, 0.15) is 0 Å². The number of oxime groups is 1. The minimum Gasteiger partial charge on any atom is -0.490 e. The second-order valence-corrected chi connectivity index (χ2v) is 9.25. The molecule has 12 nitrogen and oxygen atoms in total. The van der Waals surface area contributed by atoms with Crippen molar-refractivity contribution in [3.8, 4) is 11.5 Å². The van der Waals surface area contributed by atoms with Gasteiger partial charge in [-0.05, 0) is 74.0 Å². The van der Waals surface area contributed by atoms with Crippen LogP contribution in [0.25, 0.3) is 0 Å². The number of nitrogens with two attached hydrogens (primary N) is 2. The van der Waals surface area contributed by atoms with E-state index in [0.29, 0.717) is 45.4 Å². The van der Waals surface area contributed by atoms with Gasteiger partial charge in [0.25, 0.3) is 5.91 Å². The van der Waals surface area contributed by atoms with E-state index in [0.717, 1.165) is 0 Å². The predicted molar refractivity (Wildman–Crippen MR) is 158 cm³/mol. The van der Waals surface area contributed by atoms with E-state index in [-0.39, 0.29) is 43.3 Å². The summed E-state index contributed by atoms with van der Waals surface area (Å²) in [7, 11) is 0. The van der Waals surface area contributed by atoms with Crippen molar-refractivity contribution in [1.82, 2.24) is 0 Å². The van der Waals surface area contributed by atoms with E-state index in [1.54, 1.807) is 62.4 Å². The van der Waals surface area contributed by atoms with E-state index in [2.05, 4.69) is 15.8 Å². The number of carbonyl (C=O) groups is 3. The average Bonchev–Trinajstić information content (AvgIpc) is 2.96. The molecule has 0 bridgehead atoms. The van der Waals surface area contributed by atoms with Crippen molar-refractivity contribution in [3.05, 3.63) is 81.9 Å². The lowest BCUT2D eigenvalue weighted by Crippen LogP contribution is -2.18. The largest absolute Gasteiger partial charge is 0.490 e. The van der Waals surface area contributed by atoms with Crippen molar-refractivity contribution in [3.63, 3.8) is 0 Å². The van der Waals surface area contributed by atoms with Crippen LogP contribution < -0.4 is 31.6 Å². The number of halogens is 1. The summed E-state index contributed by atoms with van der Waals surface area (Å²) in [6, 6.07) is 14.5. The second kappa shape index (κ2) is 15.1. The van der Waals surface area contributed by atoms with Crippen molar-refractivity contribution in [1.29, 1.82) is 0 Å². The second-order valence-electron chi connectivity index (χ2n) is 8.81. The minimum absolute atomic E-state index is 0.0472. The fraction of sp³-hybridized carbons (Fsp3) is 0.241. The van der Waals surface area contributed by atoms with Gasteiger partial charge in [0.05, 0.1) is 25.2 Å². The standard InChI is InChI=1S/C29H32ClN5O7/c1-3-40-24-12-17(13-25(31)36)11-19(27(24)42-16-26(37)41-4-2)15-33-23-10-7-20(30)14-22(23)29(38)34-21-8-5-18(6-9-21)28(32)35-39/h5-12,14,33,39H,3-4,13,15-16H2,1-2H3,(H2,31,36)(H2,32,35)(H,34,38). The molecular formula is C29H32ClN5O7. The van der Waals surface area contributed by atoms with Gasteiger partial charge in [-0.3, -0.25) is 9.59 Å². The molecule has 7 N–H and O–H groups in total. The smallest absolute Gasteiger partial charge is 0.344 e. The molecule has 0 heterocycles. The predicted octanol–water partition coefficient (Wildman–Crippen LogP) is 3.67. The van der Waals surface area contributed by atoms with Gasteiger partial charge in [0.2, 0.25) is 5.91 Å². The van der Waals surface area contributed by atoms with Gasteiger partial charge in [-0.1, -0.05) is 16.8 Å². The number of nitrogens with one attached hydrogen (secondary N) is 2. The molecule has 0 aliphatic heterocycles. The number of hydrogen-bond donors (Lipinski definition) is 5. The molecule has 222 valence electrons. The van der Waals surface area contributed by atoms with Gasteiger partial charge in [-0.2, -0.15) is 0 Å². The topological polar surface area (TPSA) is 188 Å². The number of amides is 2. The number of ether oxygens (including phenoxy) is 3. The van der Waals surface area contributed by atoms with Gasteiger partial charge in [0, 0.05) is 34.1 Å². The monoisotopic (exact) mass is 597 g/mol. The Morgan fingerprint density at radius 1 is 0.976 bits per heavy atom. The normalized spacial score (nSPS) is 11.0. The minimum atomic E-state index is -0.559. The van der Waals surface area contributed by atoms with Crippen molar-refractivity contribution in [2.45, 2.75) is 26.8 Å². The molecule has 0 fully saturated rings. The van der Waals surface area contributed by atoms with Crippen molar-refractivity contribution in [2.75, 3.05) is 30.5 Å². The number of esters is 1. The first-order valence-electron chi connectivity index (χ1n) is 12.9. The number of hydrogen-bond acceptors (Lipinski definition) is 9. The van der Waals surface area contributed by atoms with E-state index in [9.17, 15) is 14.4 Å². The summed E-state index contributed by atoms with van der Waals surface area (Å²) >= 11 is 6.22. The van der Waals surface area contributed by atoms with Crippen LogP contribution in [-0.4, -0.2) is 48.6 Å². The number of anilines is 2. The van der Waals surface area contributed by atoms with Crippen LogP contribution in [0.3, 0.4) is 0 Å². The summed E-state index contributed by atoms with van der Waals surface area (Å²) in [6.07, 6.45) is -0.0472. The van der Waals surface area contributed by atoms with Crippen molar-refractivity contribution in [2.24, 2.45) is 16.6 Å². The summed E-state index contributed by atoms with van der Waals surface area (Å²) in [5.41, 5.74) is 13.8. The van der Waals surface area contributed by atoms with Crippen LogP contribution in [0, 0.1) is 0 Å². The highest BCUT2D eigenvalue weighted by atomic mass is 35.5. The molecule has 0 aliphatic rings. The summed E-state index contributed by atoms with van der Waals surface area (Å²) in [5, 5.41) is 18.1. The Morgan fingerprint density at radius 3 is 2.36 bits per heavy atom. The Kier molecular flexibility index (Phi) is 11.4. The molecule has 0 radical (unpaired) electrons. The van der Waals surface area contributed by atoms with Gasteiger partial charge < -0.3 is 41.5 Å². The van der Waals surface area contributed by atoms with Crippen LogP contribution in [-0.2, 0) is 27.3 Å². The zero-order chi connectivity index (χ0) is 30.6. The Labute approximate surface area is 247 Å². The third-order valence-electron chi connectivity index (χ3n) is 5.75. The van der Waals surface area contributed by atoms with E-state index in [4.69, 9.17) is 42.5 Å². The molecule has 0 aromatic heterocycles. The van der Waals surface area contributed by atoms with Crippen LogP contribution in [0.2, 0.25) is 5.02 Å². The molecule has 0 saturated carbocycles. The first-order valence-corrected chi connectivity index (χ1v) is 13.3. The number of primary amides is 1. The molecule has 0 atom stereocenters. The number of carbonyl (C=O) groups excluding carboxylic acids is 3. The van der Waals surface area contributed by atoms with E-state index in [1.807, 2.05) is 0 Å². The van der Waals surface area contributed by atoms with Gasteiger partial charge in [0.15, 0.2) is 23.9 Å². The molecule has 0 aliphatic carbocycles. The van der Waals surface area contributed by atoms with Crippen LogP contribution in [0.5, 0.6) is 11.5 Å². The number of benzene rings is 3. The molecule has 0 unspecified atom stereocenters. The van der Waals surface area contributed by atoms with E-state index in [1.165, 1.54) is 6.07 Å². The molecule has 2 amide bonds. The third kappa shape index (κ3) is 8.77. The number of nitrogens with zero attached hydrogens (tertiary/aromatic N) is 1. The lowest BCUT2D eigenvalue weighted by atomic mass is 10.0. The van der Waals surface area contributed by atoms with Crippen LogP contribution in [0.1, 0.15) is 40.9 Å². The van der Waals surface area contributed by atoms with Crippen LogP contribution in [0.15, 0.2) is 59.8 Å². The fourth-order valence-corrected chi connectivity index (χ4v) is 4.12. The molecule has 0 spiro atoms. The van der Waals surface area contributed by atoms with Crippen LogP contribution in [0.4, 0.5) is 11.4 Å². The van der Waals surface area contributed by atoms with Gasteiger partial charge >= 0.3 is 5.97 Å². The van der Waals surface area contributed by atoms with Crippen molar-refractivity contribution >= 4 is 46.6 Å². The Balaban J connectivity index is 1.91. The quantitative estimate of drug-likeness (QED) is 0.0607. The lowest BCUT2D eigenvalue weighted by Gasteiger charge is -2.19. The average molecular weight is 598 g/mol. The highest BCUT2D eigenvalue weighted by molar-refractivity contribution is 6.31. The number of rotatable bonds is 14. The summed E-state index contributed by atoms with van der Waals surface area (Å²) in [4.78, 5) is 36.9. The fourth-order valence-electron chi connectivity index (χ4n) is 3.95. The Morgan fingerprint density at radius 2 is 1.71 bits per heavy atom. The highest BCUT2D eigenvalue weighted by Crippen LogP contribution is 2.35. The Hall–Kier alpha value is -4.97. The zero-order valence-corrected chi connectivity index (χ0v) is 23.9. The summed E-state index contributed by atoms with van der Waals surface area (Å²) in [5.74, 6) is -1.01. The maximum Gasteiger partial charge on any atom is 0.344 e. The maximum absolute atomic E-state index is 13.2. The first kappa shape index (κ1) is 31.6. The Bertz CT molecular complexity index is 1460. The molecule has 3 aromatic carbocycles. The molecular weight excluding hydrogens is 566 g/mol. The zero-order valence-electron chi connectivity index (χ0n) is 23.1. The highest BCUT2D eigenvalue weighted by Gasteiger charge is 2.19. The summed E-state index contributed by atoms with van der Waals surface area (Å²) < 4.78 is 16.5. The van der Waals surface area contributed by atoms with E-state index >= 15 is 0 Å². The molecule has 13 heteroatoms. The lowest BCUT2D eigenvalue weighted by molar-refractivity contribution is -0.145. The number of amidine groups is 1. The van der Waals surface area contributed by atoms with Gasteiger partial charge in [-0.15, -0.1) is 0 Å². The van der Waals surface area contributed by atoms with Crippen molar-refractivity contribution < 1.29 is 33.8 Å². The maximum atomic E-state index is 13.2. The SMILES string of the molecule is CCOC(=O)COc1c(CNc2ccc(Cl)cc2C(=O)Nc2ccc(/C(N)=N/O)cc2)cc(CC(N)=O)cc1OCC. The molecule has 0 saturated heterocycles. The molecule has 42 heavy (non-hydrogen) atoms. The molecule has 3 rings (SSSR count). The molecule has 3 aromatic rings. The van der Waals surface area contributed by atoms with Crippen LogP contribution >= 0.6 is 11.6 Å². The third-order valence-corrected chi connectivity index (χ3v) is 5.99. The summed E-state index contributed by atoms with van der Waals surface area (Å²) in [6.45, 7) is 3.72. The van der Waals surface area contributed by atoms with Gasteiger partial charge in [-0.25, -0.2) is 4.79 Å². The first-order chi connectivity index (χ1) is 20.1.